The van der Waals surface area contributed by atoms with Gasteiger partial charge in [0.1, 0.15) is 0 Å². The van der Waals surface area contributed by atoms with Crippen molar-refractivity contribution >= 4 is 11.3 Å². The summed E-state index contributed by atoms with van der Waals surface area (Å²) in [5.74, 6) is 0. The Bertz CT molecular complexity index is 509. The van der Waals surface area contributed by atoms with E-state index in [1.807, 2.05) is 6.33 Å². The molecule has 0 atom stereocenters. The molecule has 3 nitrogen and oxygen atoms in total. The lowest BCUT2D eigenvalue weighted by Crippen LogP contribution is -2.39. The summed E-state index contributed by atoms with van der Waals surface area (Å²) in [7, 11) is 0. The van der Waals surface area contributed by atoms with Crippen molar-refractivity contribution in [3.63, 3.8) is 0 Å². The highest BCUT2D eigenvalue weighted by Crippen LogP contribution is 2.32. The molecule has 3 rings (SSSR count). The third-order valence-electron chi connectivity index (χ3n) is 4.26. The van der Waals surface area contributed by atoms with Gasteiger partial charge in [-0.1, -0.05) is 6.92 Å². The van der Waals surface area contributed by atoms with Crippen LogP contribution in [-0.2, 0) is 18.4 Å². The minimum Gasteiger partial charge on any atom is -0.334 e. The summed E-state index contributed by atoms with van der Waals surface area (Å²) in [6.07, 6.45) is 7.57. The van der Waals surface area contributed by atoms with Crippen LogP contribution in [0.25, 0.3) is 0 Å². The molecule has 1 saturated heterocycles. The quantitative estimate of drug-likeness (QED) is 0.930. The summed E-state index contributed by atoms with van der Waals surface area (Å²) in [6, 6.07) is 2.22. The smallest absolute Gasteiger partial charge is 0.0948 e. The molecule has 0 unspecified atom stereocenters. The highest BCUT2D eigenvalue weighted by molar-refractivity contribution is 7.07. The van der Waals surface area contributed by atoms with E-state index >= 15 is 0 Å². The van der Waals surface area contributed by atoms with Gasteiger partial charge in [-0.25, -0.2) is 4.98 Å². The van der Waals surface area contributed by atoms with Gasteiger partial charge in [0.25, 0.3) is 0 Å². The van der Waals surface area contributed by atoms with Crippen LogP contribution in [0, 0.1) is 0 Å². The lowest BCUT2D eigenvalue weighted by atomic mass is 9.78. The number of nitrogens with zero attached hydrogens (tertiary/aromatic N) is 2. The molecule has 1 N–H and O–H groups in total. The van der Waals surface area contributed by atoms with Crippen LogP contribution in [0.15, 0.2) is 29.4 Å². The Morgan fingerprint density at radius 3 is 3.00 bits per heavy atom. The Kier molecular flexibility index (Phi) is 3.71. The first-order valence-electron chi connectivity index (χ1n) is 7.00. The second-order valence-electron chi connectivity index (χ2n) is 5.66. The summed E-state index contributed by atoms with van der Waals surface area (Å²) in [5.41, 5.74) is 3.13. The topological polar surface area (TPSA) is 29.9 Å². The van der Waals surface area contributed by atoms with Crippen molar-refractivity contribution in [3.8, 4) is 0 Å². The van der Waals surface area contributed by atoms with Crippen LogP contribution in [0.2, 0.25) is 0 Å². The van der Waals surface area contributed by atoms with Crippen molar-refractivity contribution in [2.24, 2.45) is 0 Å². The van der Waals surface area contributed by atoms with Crippen LogP contribution < -0.4 is 5.32 Å². The van der Waals surface area contributed by atoms with Gasteiger partial charge in [-0.05, 0) is 54.7 Å². The molecule has 3 heterocycles. The lowest BCUT2D eigenvalue weighted by molar-refractivity contribution is 0.316. The zero-order valence-corrected chi connectivity index (χ0v) is 12.2. The maximum atomic E-state index is 4.39. The molecule has 0 bridgehead atoms. The van der Waals surface area contributed by atoms with Gasteiger partial charge in [0, 0.05) is 23.9 Å². The van der Waals surface area contributed by atoms with E-state index in [2.05, 4.69) is 44.8 Å². The number of aromatic nitrogens is 2. The molecule has 1 aliphatic heterocycles. The van der Waals surface area contributed by atoms with E-state index in [0.717, 1.165) is 26.1 Å². The van der Waals surface area contributed by atoms with Crippen molar-refractivity contribution < 1.29 is 0 Å². The predicted molar refractivity (Wildman–Crippen MR) is 79.7 cm³/mol. The van der Waals surface area contributed by atoms with Gasteiger partial charge in [0.05, 0.1) is 6.33 Å². The molecular formula is C15H21N3S. The molecule has 0 aliphatic carbocycles. The molecule has 1 aliphatic rings. The molecule has 19 heavy (non-hydrogen) atoms. The number of hydrogen-bond acceptors (Lipinski definition) is 3. The zero-order valence-electron chi connectivity index (χ0n) is 11.4. The number of aryl methyl sites for hydroxylation is 2. The fraction of sp³-hybridized carbons (Fsp3) is 0.533. The minimum atomic E-state index is 0.288. The van der Waals surface area contributed by atoms with E-state index in [1.165, 1.54) is 24.1 Å². The molecule has 2 aromatic rings. The number of imidazole rings is 1. The van der Waals surface area contributed by atoms with Gasteiger partial charge in [-0.2, -0.15) is 11.3 Å². The van der Waals surface area contributed by atoms with E-state index in [1.54, 1.807) is 11.3 Å². The monoisotopic (exact) mass is 275 g/mol. The van der Waals surface area contributed by atoms with E-state index in [9.17, 15) is 0 Å². The highest BCUT2D eigenvalue weighted by atomic mass is 32.1. The Hall–Kier alpha value is -1.13. The van der Waals surface area contributed by atoms with Crippen LogP contribution in [0.1, 0.15) is 31.0 Å². The molecule has 2 aromatic heterocycles. The molecule has 0 amide bonds. The number of hydrogen-bond donors (Lipinski definition) is 1. The standard InChI is InChI=1S/C15H21N3S/c1-15(4-6-16-7-5-15)14-10-17-12-18(14)8-2-13-3-9-19-11-13/h3,9-12,16H,2,4-8H2,1H3. The van der Waals surface area contributed by atoms with E-state index < -0.39 is 0 Å². The number of nitrogens with one attached hydrogen (secondary N) is 1. The number of thiophene rings is 1. The molecule has 0 radical (unpaired) electrons. The van der Waals surface area contributed by atoms with Gasteiger partial charge in [0.2, 0.25) is 0 Å². The summed E-state index contributed by atoms with van der Waals surface area (Å²) in [4.78, 5) is 4.39. The van der Waals surface area contributed by atoms with Crippen molar-refractivity contribution in [2.45, 2.75) is 38.1 Å². The third-order valence-corrected chi connectivity index (χ3v) is 4.99. The summed E-state index contributed by atoms with van der Waals surface area (Å²) in [5, 5.41) is 7.84. The second kappa shape index (κ2) is 5.47. The summed E-state index contributed by atoms with van der Waals surface area (Å²) >= 11 is 1.78. The van der Waals surface area contributed by atoms with Gasteiger partial charge < -0.3 is 9.88 Å². The Morgan fingerprint density at radius 1 is 1.42 bits per heavy atom. The first kappa shape index (κ1) is 12.9. The van der Waals surface area contributed by atoms with Crippen LogP contribution >= 0.6 is 11.3 Å². The molecular weight excluding hydrogens is 254 g/mol. The number of rotatable bonds is 4. The normalized spacial score (nSPS) is 18.6. The summed E-state index contributed by atoms with van der Waals surface area (Å²) in [6.45, 7) is 5.65. The Labute approximate surface area is 118 Å². The van der Waals surface area contributed by atoms with E-state index in [-0.39, 0.29) is 5.41 Å². The van der Waals surface area contributed by atoms with Crippen molar-refractivity contribution in [1.82, 2.24) is 14.9 Å². The average molecular weight is 275 g/mol. The first-order chi connectivity index (χ1) is 9.28. The largest absolute Gasteiger partial charge is 0.334 e. The fourth-order valence-electron chi connectivity index (χ4n) is 2.92. The Morgan fingerprint density at radius 2 is 2.26 bits per heavy atom. The first-order valence-corrected chi connectivity index (χ1v) is 7.95. The van der Waals surface area contributed by atoms with Gasteiger partial charge in [-0.15, -0.1) is 0 Å². The van der Waals surface area contributed by atoms with Crippen molar-refractivity contribution in [2.75, 3.05) is 13.1 Å². The molecule has 1 fully saturated rings. The molecule has 4 heteroatoms. The minimum absolute atomic E-state index is 0.288. The van der Waals surface area contributed by atoms with Crippen molar-refractivity contribution in [1.29, 1.82) is 0 Å². The van der Waals surface area contributed by atoms with Gasteiger partial charge in [-0.3, -0.25) is 0 Å². The third kappa shape index (κ3) is 2.74. The molecule has 0 spiro atoms. The fourth-order valence-corrected chi connectivity index (χ4v) is 3.62. The Balaban J connectivity index is 1.74. The number of piperidine rings is 1. The van der Waals surface area contributed by atoms with Crippen molar-refractivity contribution in [3.05, 3.63) is 40.6 Å². The SMILES string of the molecule is CC1(c2cncn2CCc2ccsc2)CCNCC1. The average Bonchev–Trinajstić information content (AvgIpc) is 3.09. The van der Waals surface area contributed by atoms with E-state index in [4.69, 9.17) is 0 Å². The maximum absolute atomic E-state index is 4.39. The van der Waals surface area contributed by atoms with Gasteiger partial charge in [0.15, 0.2) is 0 Å². The lowest BCUT2D eigenvalue weighted by Gasteiger charge is -2.34. The van der Waals surface area contributed by atoms with Crippen LogP contribution in [0.3, 0.4) is 0 Å². The summed E-state index contributed by atoms with van der Waals surface area (Å²) < 4.78 is 2.35. The van der Waals surface area contributed by atoms with Crippen LogP contribution in [0.4, 0.5) is 0 Å². The molecule has 0 saturated carbocycles. The zero-order chi connectivity index (χ0) is 13.1. The van der Waals surface area contributed by atoms with Gasteiger partial charge >= 0.3 is 0 Å². The van der Waals surface area contributed by atoms with Crippen LogP contribution in [0.5, 0.6) is 0 Å². The van der Waals surface area contributed by atoms with E-state index in [0.29, 0.717) is 0 Å². The highest BCUT2D eigenvalue weighted by Gasteiger charge is 2.31. The predicted octanol–water partition coefficient (Wildman–Crippen LogP) is 2.83. The van der Waals surface area contributed by atoms with Crippen LogP contribution in [-0.4, -0.2) is 22.6 Å². The maximum Gasteiger partial charge on any atom is 0.0948 e. The second-order valence-corrected chi connectivity index (χ2v) is 6.44. The molecule has 0 aromatic carbocycles. The molecule has 102 valence electrons.